The van der Waals surface area contributed by atoms with Crippen molar-refractivity contribution >= 4 is 86.1 Å². The third-order valence-electron chi connectivity index (χ3n) is 13.6. The number of ether oxygens (including phenoxy) is 3. The largest absolute Gasteiger partial charge is 0.508 e. The Hall–Kier alpha value is -5.06. The Labute approximate surface area is 459 Å². The fourth-order valence-corrected chi connectivity index (χ4v) is 11.8. The molecule has 0 saturated carbocycles. The van der Waals surface area contributed by atoms with Crippen molar-refractivity contribution in [1.29, 1.82) is 0 Å². The van der Waals surface area contributed by atoms with Crippen molar-refractivity contribution in [3.63, 3.8) is 0 Å². The number of esters is 2. The molecule has 19 nitrogen and oxygen atoms in total. The summed E-state index contributed by atoms with van der Waals surface area (Å²) in [6.07, 6.45) is 2.74. The molecule has 0 aliphatic carbocycles. The van der Waals surface area contributed by atoms with Gasteiger partial charge in [-0.05, 0) is 75.2 Å². The smallest absolute Gasteiger partial charge is 0.407 e. The van der Waals surface area contributed by atoms with Crippen molar-refractivity contribution < 1.29 is 67.6 Å². The summed E-state index contributed by atoms with van der Waals surface area (Å²) >= 11 is 1.08. The molecular formula is C54H81N5O14S3. The van der Waals surface area contributed by atoms with Gasteiger partial charge in [0.1, 0.15) is 28.8 Å². The summed E-state index contributed by atoms with van der Waals surface area (Å²) in [5.41, 5.74) is 0.759. The lowest BCUT2D eigenvalue weighted by molar-refractivity contribution is -0.161. The highest BCUT2D eigenvalue weighted by molar-refractivity contribution is 8.76. The molecule has 424 valence electrons. The fourth-order valence-electron chi connectivity index (χ4n) is 8.83. The lowest BCUT2D eigenvalue weighted by Gasteiger charge is -2.39. The van der Waals surface area contributed by atoms with E-state index in [2.05, 4.69) is 15.6 Å². The molecule has 0 radical (unpaired) electrons. The number of piperidine rings is 1. The van der Waals surface area contributed by atoms with Crippen molar-refractivity contribution in [2.24, 2.45) is 29.6 Å². The monoisotopic (exact) mass is 1120 g/mol. The zero-order valence-electron chi connectivity index (χ0n) is 45.7. The number of aliphatic carboxylic acids is 1. The number of aromatic nitrogens is 1. The summed E-state index contributed by atoms with van der Waals surface area (Å²) in [5.74, 6) is -5.60. The van der Waals surface area contributed by atoms with Gasteiger partial charge in [0, 0.05) is 79.8 Å². The molecule has 8 atom stereocenters. The van der Waals surface area contributed by atoms with Crippen LogP contribution in [0.25, 0.3) is 0 Å². The van der Waals surface area contributed by atoms with Crippen LogP contribution in [0, 0.1) is 29.6 Å². The van der Waals surface area contributed by atoms with Gasteiger partial charge < -0.3 is 40.0 Å². The van der Waals surface area contributed by atoms with E-state index in [0.29, 0.717) is 25.0 Å². The number of likely N-dealkylation sites (tertiary alicyclic amines) is 1. The van der Waals surface area contributed by atoms with Gasteiger partial charge in [-0.25, -0.2) is 9.78 Å². The molecule has 0 spiro atoms. The van der Waals surface area contributed by atoms with Gasteiger partial charge in [0.25, 0.3) is 5.91 Å². The number of carbonyl (C=O) groups is 9. The predicted molar refractivity (Wildman–Crippen MR) is 293 cm³/mol. The number of amides is 3. The Morgan fingerprint density at radius 3 is 2.28 bits per heavy atom. The SMILES string of the molecule is CCCC(=O)OCN(C(=O)[C@@H](CC(=O)[C@H]1CCCCN1C)[C@H](C)CC)[C@H](C[C@@H](OC(C)=O)c1nc(C(=O)N[C@@H](Cc2ccc(O)cc2)C[C@H](C)C(=O)CNC(=O)OCCSSC[C@H](CC(=O)CC)C(=O)O)cs1)C(C)C. The maximum absolute atomic E-state index is 15.0. The van der Waals surface area contributed by atoms with Crippen molar-refractivity contribution in [2.45, 2.75) is 157 Å². The van der Waals surface area contributed by atoms with E-state index in [4.69, 9.17) is 14.2 Å². The number of nitrogens with one attached hydrogen (secondary N) is 2. The van der Waals surface area contributed by atoms with Gasteiger partial charge >= 0.3 is 24.0 Å². The number of benzene rings is 1. The van der Waals surface area contributed by atoms with E-state index < -0.39 is 65.8 Å². The molecule has 0 unspecified atom stereocenters. The number of rotatable bonds is 35. The first-order valence-electron chi connectivity index (χ1n) is 26.4. The Balaban J connectivity index is 1.79. The summed E-state index contributed by atoms with van der Waals surface area (Å²) in [5, 5.41) is 26.6. The summed E-state index contributed by atoms with van der Waals surface area (Å²) in [4.78, 5) is 126. The number of hydrogen-bond donors (Lipinski definition) is 4. The third kappa shape index (κ3) is 22.5. The van der Waals surface area contributed by atoms with Crippen LogP contribution in [0.4, 0.5) is 4.79 Å². The standard InChI is InChI=1S/C54H81N5O14S3/c1-10-15-49(65)72-32-59(52(67)42(34(6)11-2)27-46(63)44-16-13-14-21-58(44)9)45(33(4)5)28-48(73-36(8)60)51-57-43(31-74-51)50(66)56-39(25-37-17-19-41(62)20-18-37)24-35(7)47(64)29-55-54(70)71-22-23-75-76-30-38(53(68)69)26-40(61)12-3/h17-20,31,33-35,38-39,42,44-45,48,62H,10-16,21-30,32H2,1-9H3,(H,55,70)(H,56,66)(H,68,69)/t34-,35+,38+,39-,42+,44-,45-,48-/m1/s1. The van der Waals surface area contributed by atoms with Crippen molar-refractivity contribution in [2.75, 3.05) is 45.0 Å². The van der Waals surface area contributed by atoms with Gasteiger partial charge in [-0.3, -0.25) is 43.3 Å². The lowest BCUT2D eigenvalue weighted by atomic mass is 9.82. The lowest BCUT2D eigenvalue weighted by Crippen LogP contribution is -2.50. The van der Waals surface area contributed by atoms with Gasteiger partial charge in [-0.1, -0.05) is 95.0 Å². The van der Waals surface area contributed by atoms with Crippen LogP contribution in [0.3, 0.4) is 0 Å². The van der Waals surface area contributed by atoms with Gasteiger partial charge in [0.15, 0.2) is 24.4 Å². The molecule has 76 heavy (non-hydrogen) atoms. The summed E-state index contributed by atoms with van der Waals surface area (Å²) < 4.78 is 16.8. The highest BCUT2D eigenvalue weighted by Gasteiger charge is 2.40. The molecule has 1 aromatic heterocycles. The van der Waals surface area contributed by atoms with Crippen LogP contribution < -0.4 is 10.6 Å². The molecule has 22 heteroatoms. The molecule has 1 aromatic carbocycles. The number of phenols is 1. The Bertz CT molecular complexity index is 2230. The second-order valence-corrected chi connectivity index (χ2v) is 23.5. The second kappa shape index (κ2) is 34.0. The predicted octanol–water partition coefficient (Wildman–Crippen LogP) is 8.22. The zero-order chi connectivity index (χ0) is 56.5. The minimum absolute atomic E-state index is 0.00617. The highest BCUT2D eigenvalue weighted by atomic mass is 33.1. The molecule has 2 aromatic rings. The number of alkyl carbamates (subject to hydrolysis) is 1. The molecule has 1 aliphatic rings. The van der Waals surface area contributed by atoms with Crippen LogP contribution in [0.5, 0.6) is 5.75 Å². The highest BCUT2D eigenvalue weighted by Crippen LogP contribution is 2.34. The summed E-state index contributed by atoms with van der Waals surface area (Å²) in [6, 6.07) is 4.78. The zero-order valence-corrected chi connectivity index (χ0v) is 48.1. The third-order valence-corrected chi connectivity index (χ3v) is 17.0. The van der Waals surface area contributed by atoms with E-state index in [1.54, 1.807) is 26.0 Å². The quantitative estimate of drug-likeness (QED) is 0.0166. The van der Waals surface area contributed by atoms with Gasteiger partial charge in [-0.15, -0.1) is 11.3 Å². The van der Waals surface area contributed by atoms with Crippen molar-refractivity contribution in [3.05, 3.63) is 45.9 Å². The average Bonchev–Trinajstić information content (AvgIpc) is 3.88. The van der Waals surface area contributed by atoms with Crippen LogP contribution in [0.2, 0.25) is 0 Å². The first-order chi connectivity index (χ1) is 36.1. The minimum atomic E-state index is -1.05. The number of carbonyl (C=O) groups excluding carboxylic acids is 8. The van der Waals surface area contributed by atoms with Gasteiger partial charge in [0.2, 0.25) is 5.91 Å². The number of aromatic hydroxyl groups is 1. The topological polar surface area (TPSA) is 265 Å². The summed E-state index contributed by atoms with van der Waals surface area (Å²) in [6.45, 7) is 14.2. The number of carboxylic acids is 1. The number of hydrogen-bond acceptors (Lipinski definition) is 18. The van der Waals surface area contributed by atoms with Crippen molar-refractivity contribution in [3.8, 4) is 5.75 Å². The van der Waals surface area contributed by atoms with E-state index in [0.717, 1.165) is 36.3 Å². The van der Waals surface area contributed by atoms with Gasteiger partial charge in [0.05, 0.1) is 18.5 Å². The molecule has 1 saturated heterocycles. The number of phenolic OH excluding ortho intramolecular Hbond substituents is 1. The molecule has 4 N–H and O–H groups in total. The molecule has 0 bridgehead atoms. The van der Waals surface area contributed by atoms with E-state index in [9.17, 15) is 53.4 Å². The molecular weight excluding hydrogens is 1040 g/mol. The van der Waals surface area contributed by atoms with Crippen LogP contribution >= 0.6 is 32.9 Å². The molecule has 1 fully saturated rings. The average molecular weight is 1120 g/mol. The fraction of sp³-hybridized carbons (Fsp3) is 0.667. The Kier molecular flexibility index (Phi) is 29.1. The number of likely N-dealkylation sites (N-methyl/N-ethyl adjacent to an activating group) is 1. The second-order valence-electron chi connectivity index (χ2n) is 19.9. The Morgan fingerprint density at radius 2 is 1.66 bits per heavy atom. The maximum atomic E-state index is 15.0. The maximum Gasteiger partial charge on any atom is 0.407 e. The number of carboxylic acid groups (broad SMARTS) is 1. The van der Waals surface area contributed by atoms with E-state index in [1.807, 2.05) is 46.6 Å². The van der Waals surface area contributed by atoms with Crippen molar-refractivity contribution in [1.82, 2.24) is 25.4 Å². The minimum Gasteiger partial charge on any atom is -0.508 e. The molecule has 3 amide bonds. The van der Waals surface area contributed by atoms with Crippen LogP contribution in [-0.4, -0.2) is 141 Å². The van der Waals surface area contributed by atoms with E-state index in [-0.39, 0.29) is 128 Å². The first kappa shape index (κ1) is 65.2. The molecule has 2 heterocycles. The number of Topliss-reactive ketones (excluding diaryl/α,β-unsaturated/α-hetero) is 3. The van der Waals surface area contributed by atoms with Crippen LogP contribution in [-0.2, 0) is 54.2 Å². The van der Waals surface area contributed by atoms with Crippen LogP contribution in [0.15, 0.2) is 29.6 Å². The molecule has 1 aliphatic heterocycles. The Morgan fingerprint density at radius 1 is 0.947 bits per heavy atom. The number of nitrogens with zero attached hydrogens (tertiary/aromatic N) is 3. The van der Waals surface area contributed by atoms with Crippen LogP contribution in [0.1, 0.15) is 153 Å². The first-order valence-corrected chi connectivity index (χ1v) is 29.8. The molecule has 3 rings (SSSR count). The number of ketones is 3. The van der Waals surface area contributed by atoms with Gasteiger partial charge in [-0.2, -0.15) is 0 Å². The summed E-state index contributed by atoms with van der Waals surface area (Å²) in [7, 11) is 4.49. The van der Waals surface area contributed by atoms with E-state index >= 15 is 0 Å². The van der Waals surface area contributed by atoms with E-state index in [1.165, 1.54) is 50.9 Å². The number of thiazole rings is 1. The normalized spacial score (nSPS) is 16.5.